The third-order valence-corrected chi connectivity index (χ3v) is 2.92. The monoisotopic (exact) mass is 277 g/mol. The first-order valence-electron chi connectivity index (χ1n) is 5.62. The lowest BCUT2D eigenvalue weighted by Crippen LogP contribution is -2.17. The third kappa shape index (κ3) is 3.42. The normalized spacial score (nSPS) is 10.2. The van der Waals surface area contributed by atoms with Crippen molar-refractivity contribution in [3.63, 3.8) is 0 Å². The summed E-state index contributed by atoms with van der Waals surface area (Å²) in [4.78, 5) is 16.1. The maximum Gasteiger partial charge on any atom is 0.287 e. The Hall–Kier alpha value is -2.14. The second kappa shape index (κ2) is 5.67. The molecule has 0 saturated heterocycles. The van der Waals surface area contributed by atoms with Crippen LogP contribution in [0.5, 0.6) is 0 Å². The zero-order valence-electron chi connectivity index (χ0n) is 10.3. The molecule has 0 atom stereocenters. The molecule has 0 N–H and O–H groups in total. The van der Waals surface area contributed by atoms with Crippen LogP contribution in [0, 0.1) is 10.1 Å². The number of pyridine rings is 1. The van der Waals surface area contributed by atoms with E-state index in [1.807, 2.05) is 36.2 Å². The van der Waals surface area contributed by atoms with Crippen LogP contribution in [-0.2, 0) is 6.54 Å². The minimum atomic E-state index is -0.462. The van der Waals surface area contributed by atoms with Gasteiger partial charge in [-0.3, -0.25) is 10.1 Å². The van der Waals surface area contributed by atoms with Crippen LogP contribution in [0.15, 0.2) is 42.6 Å². The Morgan fingerprint density at radius 2 is 1.95 bits per heavy atom. The highest BCUT2D eigenvalue weighted by atomic mass is 35.5. The first-order valence-corrected chi connectivity index (χ1v) is 6.00. The van der Waals surface area contributed by atoms with Gasteiger partial charge in [-0.15, -0.1) is 0 Å². The zero-order valence-corrected chi connectivity index (χ0v) is 11.0. The number of nitrogens with zero attached hydrogens (tertiary/aromatic N) is 3. The fourth-order valence-electron chi connectivity index (χ4n) is 1.66. The number of nitro groups is 1. The van der Waals surface area contributed by atoms with Gasteiger partial charge in [-0.05, 0) is 23.8 Å². The van der Waals surface area contributed by atoms with E-state index >= 15 is 0 Å². The minimum Gasteiger partial charge on any atom is -0.355 e. The summed E-state index contributed by atoms with van der Waals surface area (Å²) in [6.45, 7) is 0.655. The predicted octanol–water partition coefficient (Wildman–Crippen LogP) is 3.28. The number of anilines is 1. The molecule has 2 rings (SSSR count). The van der Waals surface area contributed by atoms with Crippen molar-refractivity contribution >= 4 is 23.1 Å². The fraction of sp³-hybridized carbons (Fsp3) is 0.154. The summed E-state index contributed by atoms with van der Waals surface area (Å²) >= 11 is 5.82. The van der Waals surface area contributed by atoms with E-state index in [2.05, 4.69) is 4.98 Å². The first-order chi connectivity index (χ1) is 9.06. The molecule has 0 amide bonds. The highest BCUT2D eigenvalue weighted by molar-refractivity contribution is 6.30. The van der Waals surface area contributed by atoms with E-state index in [4.69, 9.17) is 11.6 Å². The summed E-state index contributed by atoms with van der Waals surface area (Å²) < 4.78 is 0. The molecular formula is C13H12ClN3O2. The predicted molar refractivity (Wildman–Crippen MR) is 74.5 cm³/mol. The van der Waals surface area contributed by atoms with Crippen LogP contribution in [0.4, 0.5) is 11.5 Å². The molecule has 1 aromatic carbocycles. The smallest absolute Gasteiger partial charge is 0.287 e. The molecule has 0 saturated carbocycles. The molecule has 0 aliphatic rings. The van der Waals surface area contributed by atoms with E-state index in [0.29, 0.717) is 17.4 Å². The van der Waals surface area contributed by atoms with E-state index in [9.17, 15) is 10.1 Å². The molecule has 0 spiro atoms. The van der Waals surface area contributed by atoms with Gasteiger partial charge in [0.2, 0.25) is 0 Å². The van der Waals surface area contributed by atoms with Gasteiger partial charge in [-0.1, -0.05) is 23.7 Å². The largest absolute Gasteiger partial charge is 0.355 e. The Kier molecular flexibility index (Phi) is 3.97. The Labute approximate surface area is 115 Å². The molecule has 0 fully saturated rings. The van der Waals surface area contributed by atoms with Crippen molar-refractivity contribution in [3.05, 3.63) is 63.3 Å². The highest BCUT2D eigenvalue weighted by Gasteiger charge is 2.08. The van der Waals surface area contributed by atoms with Crippen molar-refractivity contribution in [2.45, 2.75) is 6.54 Å². The van der Waals surface area contributed by atoms with Gasteiger partial charge >= 0.3 is 0 Å². The molecule has 19 heavy (non-hydrogen) atoms. The number of rotatable bonds is 4. The number of hydrogen-bond donors (Lipinski definition) is 0. The van der Waals surface area contributed by atoms with E-state index in [1.54, 1.807) is 6.07 Å². The van der Waals surface area contributed by atoms with Gasteiger partial charge in [0.15, 0.2) is 0 Å². The van der Waals surface area contributed by atoms with Crippen molar-refractivity contribution in [1.29, 1.82) is 0 Å². The average Bonchev–Trinajstić information content (AvgIpc) is 2.41. The van der Waals surface area contributed by atoms with Gasteiger partial charge < -0.3 is 4.90 Å². The van der Waals surface area contributed by atoms with Crippen molar-refractivity contribution in [1.82, 2.24) is 4.98 Å². The van der Waals surface area contributed by atoms with Gasteiger partial charge in [-0.25, -0.2) is 4.98 Å². The molecule has 0 radical (unpaired) electrons. The van der Waals surface area contributed by atoms with Crippen LogP contribution >= 0.6 is 11.6 Å². The van der Waals surface area contributed by atoms with Gasteiger partial charge in [0.25, 0.3) is 5.69 Å². The van der Waals surface area contributed by atoms with Crippen LogP contribution < -0.4 is 4.90 Å². The summed E-state index contributed by atoms with van der Waals surface area (Å²) in [5, 5.41) is 11.2. The molecule has 98 valence electrons. The second-order valence-electron chi connectivity index (χ2n) is 4.11. The van der Waals surface area contributed by atoms with Crippen LogP contribution in [-0.4, -0.2) is 17.0 Å². The van der Waals surface area contributed by atoms with Crippen molar-refractivity contribution in [2.24, 2.45) is 0 Å². The molecule has 0 bridgehead atoms. The summed E-state index contributed by atoms with van der Waals surface area (Å²) in [7, 11) is 1.88. The molecule has 0 aliphatic carbocycles. The number of aromatic nitrogens is 1. The van der Waals surface area contributed by atoms with E-state index in [1.165, 1.54) is 12.3 Å². The molecule has 5 nitrogen and oxygen atoms in total. The SMILES string of the molecule is CN(Cc1ccc(Cl)cc1)c1ccc([N+](=O)[O-])cn1. The van der Waals surface area contributed by atoms with Crippen molar-refractivity contribution < 1.29 is 4.92 Å². The molecule has 1 aromatic heterocycles. The lowest BCUT2D eigenvalue weighted by atomic mass is 10.2. The quantitative estimate of drug-likeness (QED) is 0.636. The summed E-state index contributed by atoms with van der Waals surface area (Å²) in [6.07, 6.45) is 1.26. The summed E-state index contributed by atoms with van der Waals surface area (Å²) in [5.74, 6) is 0.681. The molecule has 0 unspecified atom stereocenters. The topological polar surface area (TPSA) is 59.3 Å². The summed E-state index contributed by atoms with van der Waals surface area (Å²) in [6, 6.07) is 10.6. The average molecular weight is 278 g/mol. The summed E-state index contributed by atoms with van der Waals surface area (Å²) in [5.41, 5.74) is 1.08. The molecule has 2 aromatic rings. The lowest BCUT2D eigenvalue weighted by Gasteiger charge is -2.17. The molecule has 1 heterocycles. The van der Waals surface area contributed by atoms with Gasteiger partial charge in [0.05, 0.1) is 4.92 Å². The third-order valence-electron chi connectivity index (χ3n) is 2.67. The van der Waals surface area contributed by atoms with Gasteiger partial charge in [-0.2, -0.15) is 0 Å². The van der Waals surface area contributed by atoms with Crippen molar-refractivity contribution in [3.8, 4) is 0 Å². The first kappa shape index (κ1) is 13.3. The Morgan fingerprint density at radius 3 is 2.47 bits per heavy atom. The van der Waals surface area contributed by atoms with Crippen LogP contribution in [0.3, 0.4) is 0 Å². The Balaban J connectivity index is 2.09. The maximum absolute atomic E-state index is 10.5. The van der Waals surface area contributed by atoms with Crippen LogP contribution in [0.2, 0.25) is 5.02 Å². The molecule has 6 heteroatoms. The van der Waals surface area contributed by atoms with Crippen molar-refractivity contribution in [2.75, 3.05) is 11.9 Å². The fourth-order valence-corrected chi connectivity index (χ4v) is 1.78. The minimum absolute atomic E-state index is 0.0105. The standard InChI is InChI=1S/C13H12ClN3O2/c1-16(9-10-2-4-11(14)5-3-10)13-7-6-12(8-15-13)17(18)19/h2-8H,9H2,1H3. The lowest BCUT2D eigenvalue weighted by molar-refractivity contribution is -0.385. The maximum atomic E-state index is 10.5. The number of halogens is 1. The van der Waals surface area contributed by atoms with E-state index < -0.39 is 4.92 Å². The Morgan fingerprint density at radius 1 is 1.26 bits per heavy atom. The van der Waals surface area contributed by atoms with Gasteiger partial charge in [0, 0.05) is 24.7 Å². The number of hydrogen-bond acceptors (Lipinski definition) is 4. The van der Waals surface area contributed by atoms with Crippen LogP contribution in [0.25, 0.3) is 0 Å². The highest BCUT2D eigenvalue weighted by Crippen LogP contribution is 2.17. The molecule has 0 aliphatic heterocycles. The Bertz CT molecular complexity index is 569. The molecular weight excluding hydrogens is 266 g/mol. The number of benzene rings is 1. The van der Waals surface area contributed by atoms with Gasteiger partial charge in [0.1, 0.15) is 12.0 Å². The van der Waals surface area contributed by atoms with E-state index in [-0.39, 0.29) is 5.69 Å². The zero-order chi connectivity index (χ0) is 13.8. The second-order valence-corrected chi connectivity index (χ2v) is 4.55. The van der Waals surface area contributed by atoms with Crippen LogP contribution in [0.1, 0.15) is 5.56 Å². The van der Waals surface area contributed by atoms with E-state index in [0.717, 1.165) is 5.56 Å².